The molecule has 29 heavy (non-hydrogen) atoms. The summed E-state index contributed by atoms with van der Waals surface area (Å²) in [5.41, 5.74) is 4.98. The lowest BCUT2D eigenvalue weighted by atomic mass is 9.90. The highest BCUT2D eigenvalue weighted by Crippen LogP contribution is 2.34. The smallest absolute Gasteiger partial charge is 0.317 e. The fourth-order valence-corrected chi connectivity index (χ4v) is 5.21. The maximum absolute atomic E-state index is 12.1. The number of aromatic nitrogens is 2. The molecule has 1 saturated heterocycles. The number of nitrogens with one attached hydrogen (secondary N) is 1. The Bertz CT molecular complexity index is 1040. The van der Waals surface area contributed by atoms with E-state index in [1.54, 1.807) is 11.3 Å². The molecule has 1 N–H and O–H groups in total. The summed E-state index contributed by atoms with van der Waals surface area (Å²) in [7, 11) is 0. The third kappa shape index (κ3) is 3.85. The van der Waals surface area contributed by atoms with Crippen LogP contribution in [-0.4, -0.2) is 57.9 Å². The number of piperazine rings is 1. The van der Waals surface area contributed by atoms with Crippen molar-refractivity contribution in [1.82, 2.24) is 24.5 Å². The molecule has 0 radical (unpaired) electrons. The number of fused-ring (bicyclic) bond motifs is 3. The molecule has 2 aromatic heterocycles. The Balaban J connectivity index is 1.65. The first-order valence-electron chi connectivity index (χ1n) is 10.4. The van der Waals surface area contributed by atoms with Crippen LogP contribution in [0.5, 0.6) is 0 Å². The van der Waals surface area contributed by atoms with E-state index in [9.17, 15) is 4.79 Å². The van der Waals surface area contributed by atoms with Crippen molar-refractivity contribution in [3.05, 3.63) is 35.2 Å². The summed E-state index contributed by atoms with van der Waals surface area (Å²) in [5, 5.41) is 2.91. The highest BCUT2D eigenvalue weighted by molar-refractivity contribution is 7.23. The average Bonchev–Trinajstić information content (AvgIpc) is 3.18. The number of carbonyl (C=O) groups excluding carboxylic acids is 1. The quantitative estimate of drug-likeness (QED) is 0.706. The number of thiazole rings is 1. The van der Waals surface area contributed by atoms with Gasteiger partial charge in [0, 0.05) is 44.7 Å². The minimum atomic E-state index is -0.0130. The van der Waals surface area contributed by atoms with Crippen molar-refractivity contribution in [1.29, 1.82) is 0 Å². The topological polar surface area (TPSA) is 52.9 Å². The molecule has 2 amide bonds. The molecule has 4 rings (SSSR count). The first-order chi connectivity index (χ1) is 13.8. The molecule has 3 aromatic rings. The van der Waals surface area contributed by atoms with Crippen molar-refractivity contribution in [2.24, 2.45) is 0 Å². The summed E-state index contributed by atoms with van der Waals surface area (Å²) in [6.07, 6.45) is 0. The third-order valence-electron chi connectivity index (χ3n) is 5.57. The van der Waals surface area contributed by atoms with Crippen LogP contribution in [0.15, 0.2) is 18.2 Å². The van der Waals surface area contributed by atoms with Crippen molar-refractivity contribution >= 4 is 32.5 Å². The van der Waals surface area contributed by atoms with Crippen LogP contribution in [0.4, 0.5) is 4.79 Å². The minimum absolute atomic E-state index is 0.0130. The summed E-state index contributed by atoms with van der Waals surface area (Å²) in [6.45, 7) is 15.6. The van der Waals surface area contributed by atoms with E-state index >= 15 is 0 Å². The van der Waals surface area contributed by atoms with Gasteiger partial charge in [-0.05, 0) is 31.5 Å². The lowest BCUT2D eigenvalue weighted by Gasteiger charge is -2.35. The first kappa shape index (κ1) is 20.2. The van der Waals surface area contributed by atoms with Gasteiger partial charge in [-0.15, -0.1) is 0 Å². The van der Waals surface area contributed by atoms with Crippen LogP contribution in [0.25, 0.3) is 15.2 Å². The second kappa shape index (κ2) is 7.61. The van der Waals surface area contributed by atoms with Crippen LogP contribution in [-0.2, 0) is 12.0 Å². The molecule has 7 heteroatoms. The zero-order valence-electron chi connectivity index (χ0n) is 18.1. The van der Waals surface area contributed by atoms with Gasteiger partial charge in [0.05, 0.1) is 21.6 Å². The second-order valence-corrected chi connectivity index (χ2v) is 9.96. The van der Waals surface area contributed by atoms with Gasteiger partial charge in [0.25, 0.3) is 0 Å². The molecule has 1 aliphatic rings. The second-order valence-electron chi connectivity index (χ2n) is 8.95. The Kier molecular flexibility index (Phi) is 5.29. The number of aryl methyl sites for hydroxylation is 1. The number of nitrogens with zero attached hydrogens (tertiary/aromatic N) is 4. The SMILES string of the molecule is CCNC(=O)N1CCN(Cc2c(C(C)(C)C)nc3sc4cc(C)ccc4n23)CC1. The van der Waals surface area contributed by atoms with E-state index in [1.807, 2.05) is 11.8 Å². The van der Waals surface area contributed by atoms with E-state index in [4.69, 9.17) is 4.98 Å². The normalized spacial score (nSPS) is 16.1. The fourth-order valence-electron chi connectivity index (χ4n) is 4.06. The molecule has 1 aliphatic heterocycles. The van der Waals surface area contributed by atoms with Crippen LogP contribution in [0.3, 0.4) is 0 Å². The Morgan fingerprint density at radius 3 is 2.59 bits per heavy atom. The molecule has 0 bridgehead atoms. The van der Waals surface area contributed by atoms with Gasteiger partial charge in [0.1, 0.15) is 0 Å². The zero-order chi connectivity index (χ0) is 20.8. The highest BCUT2D eigenvalue weighted by Gasteiger charge is 2.28. The number of hydrogen-bond acceptors (Lipinski definition) is 4. The standard InChI is InChI=1S/C22H31N5OS/c1-6-23-20(28)26-11-9-25(10-12-26)14-17-19(22(3,4)5)24-21-27(17)16-8-7-15(2)13-18(16)29-21/h7-8,13H,6,9-12,14H2,1-5H3,(H,23,28). The number of imidazole rings is 1. The monoisotopic (exact) mass is 413 g/mol. The molecule has 6 nitrogen and oxygen atoms in total. The zero-order valence-corrected chi connectivity index (χ0v) is 18.9. The van der Waals surface area contributed by atoms with E-state index < -0.39 is 0 Å². The Morgan fingerprint density at radius 2 is 1.93 bits per heavy atom. The molecule has 0 unspecified atom stereocenters. The van der Waals surface area contributed by atoms with E-state index in [0.29, 0.717) is 6.54 Å². The van der Waals surface area contributed by atoms with E-state index in [1.165, 1.54) is 27.2 Å². The third-order valence-corrected chi connectivity index (χ3v) is 6.57. The lowest BCUT2D eigenvalue weighted by molar-refractivity contribution is 0.134. The van der Waals surface area contributed by atoms with Crippen LogP contribution < -0.4 is 5.32 Å². The lowest BCUT2D eigenvalue weighted by Crippen LogP contribution is -2.51. The summed E-state index contributed by atoms with van der Waals surface area (Å²) in [6, 6.07) is 6.70. The number of benzene rings is 1. The highest BCUT2D eigenvalue weighted by atomic mass is 32.1. The molecule has 0 aliphatic carbocycles. The average molecular weight is 414 g/mol. The first-order valence-corrected chi connectivity index (χ1v) is 11.3. The minimum Gasteiger partial charge on any atom is -0.338 e. The van der Waals surface area contributed by atoms with Gasteiger partial charge in [-0.25, -0.2) is 9.78 Å². The van der Waals surface area contributed by atoms with E-state index in [-0.39, 0.29) is 11.4 Å². The predicted molar refractivity (Wildman–Crippen MR) is 120 cm³/mol. The molecule has 156 valence electrons. The Hall–Kier alpha value is -2.12. The van der Waals surface area contributed by atoms with Gasteiger partial charge in [-0.2, -0.15) is 0 Å². The largest absolute Gasteiger partial charge is 0.338 e. The van der Waals surface area contributed by atoms with Gasteiger partial charge in [0.15, 0.2) is 4.96 Å². The van der Waals surface area contributed by atoms with Crippen molar-refractivity contribution in [2.45, 2.75) is 46.6 Å². The Morgan fingerprint density at radius 1 is 1.21 bits per heavy atom. The van der Waals surface area contributed by atoms with Crippen LogP contribution in [0.1, 0.15) is 44.6 Å². The van der Waals surface area contributed by atoms with Gasteiger partial charge in [-0.1, -0.05) is 38.2 Å². The maximum atomic E-state index is 12.1. The molecule has 0 atom stereocenters. The van der Waals surface area contributed by atoms with Crippen LogP contribution in [0.2, 0.25) is 0 Å². The summed E-state index contributed by atoms with van der Waals surface area (Å²) >= 11 is 1.77. The molecule has 3 heterocycles. The maximum Gasteiger partial charge on any atom is 0.317 e. The van der Waals surface area contributed by atoms with Gasteiger partial charge >= 0.3 is 6.03 Å². The fraction of sp³-hybridized carbons (Fsp3) is 0.545. The Labute approximate surface area is 176 Å². The number of amides is 2. The van der Waals surface area contributed by atoms with Gasteiger partial charge < -0.3 is 10.2 Å². The van der Waals surface area contributed by atoms with Crippen LogP contribution in [0, 0.1) is 6.92 Å². The van der Waals surface area contributed by atoms with Gasteiger partial charge in [0.2, 0.25) is 0 Å². The molecule has 1 aromatic carbocycles. The molecular weight excluding hydrogens is 382 g/mol. The molecule has 0 saturated carbocycles. The van der Waals surface area contributed by atoms with Crippen LogP contribution >= 0.6 is 11.3 Å². The number of rotatable bonds is 3. The van der Waals surface area contributed by atoms with Crippen molar-refractivity contribution < 1.29 is 4.79 Å². The summed E-state index contributed by atoms with van der Waals surface area (Å²) in [4.78, 5) is 22.6. The van der Waals surface area contributed by atoms with Crippen molar-refractivity contribution in [3.8, 4) is 0 Å². The molecular formula is C22H31N5OS. The number of carbonyl (C=O) groups is 1. The van der Waals surface area contributed by atoms with E-state index in [2.05, 4.69) is 60.5 Å². The van der Waals surface area contributed by atoms with Crippen molar-refractivity contribution in [2.75, 3.05) is 32.7 Å². The number of hydrogen-bond donors (Lipinski definition) is 1. The van der Waals surface area contributed by atoms with E-state index in [0.717, 1.165) is 37.7 Å². The summed E-state index contributed by atoms with van der Waals surface area (Å²) in [5.74, 6) is 0. The molecule has 0 spiro atoms. The number of urea groups is 1. The molecule has 1 fully saturated rings. The predicted octanol–water partition coefficient (Wildman–Crippen LogP) is 4.00. The van der Waals surface area contributed by atoms with Crippen molar-refractivity contribution in [3.63, 3.8) is 0 Å². The van der Waals surface area contributed by atoms with Gasteiger partial charge in [-0.3, -0.25) is 9.30 Å². The summed E-state index contributed by atoms with van der Waals surface area (Å²) < 4.78 is 3.64.